The average molecular weight is 900 g/mol. The Morgan fingerprint density at radius 2 is 0.315 bits per heavy atom. The van der Waals surface area contributed by atoms with Gasteiger partial charge in [-0.05, 0) is 0 Å². The molecule has 0 nitrogen and oxygen atoms in total. The highest BCUT2D eigenvalue weighted by Gasteiger charge is 3.02. The third kappa shape index (κ3) is 5.66. The molecule has 0 bridgehead atoms. The number of hydrogen-bond acceptors (Lipinski definition) is 0. The summed E-state index contributed by atoms with van der Waals surface area (Å²) in [5.41, 5.74) is 0. The fraction of sp³-hybridized carbons (Fsp3) is 0.889. The van der Waals surface area contributed by atoms with Crippen molar-refractivity contribution in [2.24, 2.45) is 0 Å². The van der Waals surface area contributed by atoms with Crippen molar-refractivity contribution in [1.82, 2.24) is 0 Å². The molecule has 0 aliphatic heterocycles. The van der Waals surface area contributed by atoms with Gasteiger partial charge in [0.15, 0.2) is 0 Å². The van der Waals surface area contributed by atoms with Gasteiger partial charge < -0.3 is 0 Å². The fourth-order valence-corrected chi connectivity index (χ4v) is 3.00. The molecule has 0 radical (unpaired) electrons. The molecular formula is C18F36. The second kappa shape index (κ2) is 12.4. The third-order valence-electron chi connectivity index (χ3n) is 6.32. The molecule has 0 saturated carbocycles. The van der Waals surface area contributed by atoms with Gasteiger partial charge in [-0.2, -0.15) is 158 Å². The van der Waals surface area contributed by atoms with E-state index in [-0.39, 0.29) is 0 Å². The van der Waals surface area contributed by atoms with Crippen LogP contribution in [0.5, 0.6) is 0 Å². The summed E-state index contributed by atoms with van der Waals surface area (Å²) in [6, 6.07) is 0. The molecule has 0 rings (SSSR count). The predicted octanol–water partition coefficient (Wildman–Crippen LogP) is 12.2. The molecule has 0 aromatic heterocycles. The number of allylic oxidation sites excluding steroid dienone is 1. The molecule has 0 aliphatic rings. The molecule has 0 atom stereocenters. The highest BCUT2D eigenvalue weighted by molar-refractivity contribution is 5.23. The molecule has 0 fully saturated rings. The van der Waals surface area contributed by atoms with Gasteiger partial charge in [-0.3, -0.25) is 0 Å². The lowest BCUT2D eigenvalue weighted by Gasteiger charge is -2.46. The van der Waals surface area contributed by atoms with Crippen LogP contribution in [0.25, 0.3) is 0 Å². The maximum atomic E-state index is 13.8. The van der Waals surface area contributed by atoms with Crippen molar-refractivity contribution in [3.8, 4) is 0 Å². The second-order valence-electron chi connectivity index (χ2n) is 9.69. The Bertz CT molecular complexity index is 1410. The fourth-order valence-electron chi connectivity index (χ4n) is 3.00. The van der Waals surface area contributed by atoms with E-state index < -0.39 is 107 Å². The van der Waals surface area contributed by atoms with E-state index in [1.165, 1.54) is 0 Å². The van der Waals surface area contributed by atoms with Crippen molar-refractivity contribution < 1.29 is 158 Å². The predicted molar refractivity (Wildman–Crippen MR) is 90.6 cm³/mol. The number of rotatable bonds is 15. The van der Waals surface area contributed by atoms with E-state index in [9.17, 15) is 158 Å². The van der Waals surface area contributed by atoms with E-state index in [4.69, 9.17) is 0 Å². The van der Waals surface area contributed by atoms with E-state index in [1.54, 1.807) is 0 Å². The van der Waals surface area contributed by atoms with Crippen LogP contribution in [-0.2, 0) is 0 Å². The van der Waals surface area contributed by atoms with Crippen LogP contribution in [0, 0.1) is 0 Å². The first-order chi connectivity index (χ1) is 22.6. The monoisotopic (exact) mass is 900 g/mol. The first-order valence-electron chi connectivity index (χ1n) is 11.1. The molecule has 0 aliphatic carbocycles. The Balaban J connectivity index is 7.81. The summed E-state index contributed by atoms with van der Waals surface area (Å²) < 4.78 is 477. The zero-order valence-electron chi connectivity index (χ0n) is 22.6. The number of alkyl halides is 33. The molecular weight excluding hydrogens is 900 g/mol. The van der Waals surface area contributed by atoms with Crippen LogP contribution in [0.1, 0.15) is 0 Å². The van der Waals surface area contributed by atoms with Crippen LogP contribution in [0.2, 0.25) is 0 Å². The van der Waals surface area contributed by atoms with E-state index in [0.29, 0.717) is 0 Å². The van der Waals surface area contributed by atoms with Crippen molar-refractivity contribution in [2.45, 2.75) is 95.0 Å². The van der Waals surface area contributed by atoms with Gasteiger partial charge in [-0.15, -0.1) is 0 Å². The highest BCUT2D eigenvalue weighted by atomic mass is 19.4. The zero-order valence-corrected chi connectivity index (χ0v) is 22.6. The van der Waals surface area contributed by atoms with Crippen molar-refractivity contribution in [3.05, 3.63) is 11.9 Å². The molecule has 324 valence electrons. The largest absolute Gasteiger partial charge is 0.460 e. The van der Waals surface area contributed by atoms with Crippen molar-refractivity contribution in [2.75, 3.05) is 0 Å². The summed E-state index contributed by atoms with van der Waals surface area (Å²) in [5.74, 6) is -153. The lowest BCUT2D eigenvalue weighted by molar-refractivity contribution is -0.490. The molecule has 0 spiro atoms. The minimum absolute atomic E-state index is 5.02. The van der Waals surface area contributed by atoms with Gasteiger partial charge in [-0.1, -0.05) is 0 Å². The summed E-state index contributed by atoms with van der Waals surface area (Å²) >= 11 is 0. The smallest absolute Gasteiger partial charge is 0.199 e. The summed E-state index contributed by atoms with van der Waals surface area (Å²) in [7, 11) is 0. The molecule has 0 saturated heterocycles. The zero-order chi connectivity index (χ0) is 45.2. The minimum atomic E-state index is -10.3. The Hall–Kier alpha value is -2.78. The van der Waals surface area contributed by atoms with Gasteiger partial charge >= 0.3 is 101 Å². The number of hydrogen-bond donors (Lipinski definition) is 0. The van der Waals surface area contributed by atoms with E-state index >= 15 is 0 Å². The summed E-state index contributed by atoms with van der Waals surface area (Å²) in [6.45, 7) is 0. The summed E-state index contributed by atoms with van der Waals surface area (Å²) in [5, 5.41) is 0. The molecule has 0 unspecified atom stereocenters. The Morgan fingerprint density at radius 1 is 0.185 bits per heavy atom. The second-order valence-corrected chi connectivity index (χ2v) is 9.69. The van der Waals surface area contributed by atoms with Gasteiger partial charge in [0.2, 0.25) is 5.83 Å². The van der Waals surface area contributed by atoms with E-state index in [0.717, 1.165) is 0 Å². The van der Waals surface area contributed by atoms with E-state index in [1.807, 2.05) is 0 Å². The molecule has 54 heavy (non-hydrogen) atoms. The quantitative estimate of drug-likeness (QED) is 0.144. The first kappa shape index (κ1) is 51.2. The number of halogens is 36. The molecule has 0 amide bonds. The molecule has 0 N–H and O–H groups in total. The van der Waals surface area contributed by atoms with Crippen LogP contribution >= 0.6 is 0 Å². The summed E-state index contributed by atoms with van der Waals surface area (Å²) in [4.78, 5) is 0. The third-order valence-corrected chi connectivity index (χ3v) is 6.32. The van der Waals surface area contributed by atoms with Gasteiger partial charge in [0.05, 0.1) is 0 Å². The Morgan fingerprint density at radius 3 is 0.444 bits per heavy atom. The van der Waals surface area contributed by atoms with Crippen LogP contribution in [0.15, 0.2) is 11.9 Å². The average Bonchev–Trinajstić information content (AvgIpc) is 2.94. The van der Waals surface area contributed by atoms with Crippen LogP contribution in [-0.4, -0.2) is 95.0 Å². The highest BCUT2D eigenvalue weighted by Crippen LogP contribution is 2.70. The molecule has 0 heterocycles. The Labute approximate surface area is 266 Å². The normalized spacial score (nSPS) is 16.9. The first-order valence-corrected chi connectivity index (χ1v) is 11.1. The topological polar surface area (TPSA) is 0 Å². The minimum Gasteiger partial charge on any atom is -0.199 e. The molecule has 0 aromatic rings. The maximum Gasteiger partial charge on any atom is 0.460 e. The van der Waals surface area contributed by atoms with Crippen LogP contribution < -0.4 is 0 Å². The summed E-state index contributed by atoms with van der Waals surface area (Å²) in [6.07, 6.45) is -13.5. The molecule has 36 heteroatoms. The Kier molecular flexibility index (Phi) is 11.7. The van der Waals surface area contributed by atoms with Crippen molar-refractivity contribution in [1.29, 1.82) is 0 Å². The van der Waals surface area contributed by atoms with Gasteiger partial charge in [-0.25, -0.2) is 0 Å². The van der Waals surface area contributed by atoms with Crippen molar-refractivity contribution in [3.63, 3.8) is 0 Å². The maximum absolute atomic E-state index is 13.8. The van der Waals surface area contributed by atoms with E-state index in [2.05, 4.69) is 0 Å². The van der Waals surface area contributed by atoms with Crippen LogP contribution in [0.4, 0.5) is 158 Å². The van der Waals surface area contributed by atoms with Gasteiger partial charge in [0, 0.05) is 0 Å². The van der Waals surface area contributed by atoms with Crippen molar-refractivity contribution >= 4 is 0 Å². The van der Waals surface area contributed by atoms with Crippen LogP contribution in [0.3, 0.4) is 0 Å². The lowest BCUT2D eigenvalue weighted by atomic mass is 9.82. The van der Waals surface area contributed by atoms with Gasteiger partial charge in [0.25, 0.3) is 0 Å². The standard InChI is InChI=1S/C18F36/c19-1(2(20)21)3(22,23)4(24,25)5(26,27)6(28,29)7(30,31)8(32,33)9(34,35)10(36,37)11(38,39)12(40,41)13(42,43)14(44,45)15(46,47)16(48,49)17(50,51)18(52,53)54. The van der Waals surface area contributed by atoms with Gasteiger partial charge in [0.1, 0.15) is 0 Å². The molecule has 0 aromatic carbocycles. The lowest BCUT2D eigenvalue weighted by Crippen LogP contribution is -2.80. The SMILES string of the molecule is FC(F)=C(F)C(F)(F)C(F)(F)C(F)(F)C(F)(F)C(F)(F)C(F)(F)C(F)(F)C(F)(F)C(F)(F)C(F)(F)C(F)(F)C(F)(F)C(F)(F)C(F)(F)C(F)(F)C(F)(F)F.